The molecule has 2 N–H and O–H groups in total. The number of carbonyl (C=O) groups excluding carboxylic acids is 1. The van der Waals surface area contributed by atoms with Gasteiger partial charge >= 0.3 is 6.03 Å². The van der Waals surface area contributed by atoms with Crippen LogP contribution in [0.3, 0.4) is 0 Å². The van der Waals surface area contributed by atoms with Crippen LogP contribution in [-0.4, -0.2) is 34.6 Å². The summed E-state index contributed by atoms with van der Waals surface area (Å²) in [5, 5.41) is 9.96. The maximum absolute atomic E-state index is 12.0. The summed E-state index contributed by atoms with van der Waals surface area (Å²) < 4.78 is 7.44. The third kappa shape index (κ3) is 4.32. The average molecular weight is 314 g/mol. The quantitative estimate of drug-likeness (QED) is 0.891. The average Bonchev–Trinajstić information content (AvgIpc) is 3.22. The highest BCUT2D eigenvalue weighted by Gasteiger charge is 2.23. The molecule has 2 aromatic rings. The number of ether oxygens (including phenoxy) is 1. The molecule has 6 nitrogen and oxygen atoms in total. The molecule has 6 heteroatoms. The first-order valence-electron chi connectivity index (χ1n) is 7.96. The van der Waals surface area contributed by atoms with Crippen LogP contribution >= 0.6 is 0 Å². The summed E-state index contributed by atoms with van der Waals surface area (Å²) >= 11 is 0. The first-order valence-corrected chi connectivity index (χ1v) is 7.96. The van der Waals surface area contributed by atoms with Crippen LogP contribution in [0.15, 0.2) is 42.7 Å². The van der Waals surface area contributed by atoms with Gasteiger partial charge in [-0.05, 0) is 43.5 Å². The van der Waals surface area contributed by atoms with E-state index >= 15 is 0 Å². The Hall–Kier alpha value is -2.34. The predicted octanol–water partition coefficient (Wildman–Crippen LogP) is 2.62. The maximum Gasteiger partial charge on any atom is 0.319 e. The minimum Gasteiger partial charge on any atom is -0.376 e. The molecule has 3 rings (SSSR count). The van der Waals surface area contributed by atoms with Crippen LogP contribution in [0.2, 0.25) is 0 Å². The van der Waals surface area contributed by atoms with Crippen LogP contribution < -0.4 is 10.6 Å². The van der Waals surface area contributed by atoms with Crippen LogP contribution in [0, 0.1) is 0 Å². The molecular weight excluding hydrogens is 292 g/mol. The van der Waals surface area contributed by atoms with Gasteiger partial charge in [0.2, 0.25) is 0 Å². The van der Waals surface area contributed by atoms with Crippen molar-refractivity contribution in [1.29, 1.82) is 0 Å². The number of hydrogen-bond acceptors (Lipinski definition) is 3. The molecule has 1 aliphatic rings. The number of nitrogens with zero attached hydrogens (tertiary/aromatic N) is 2. The summed E-state index contributed by atoms with van der Waals surface area (Å²) in [6, 6.07) is 9.48. The molecule has 0 spiro atoms. The molecule has 0 bridgehead atoms. The van der Waals surface area contributed by atoms with E-state index in [0.717, 1.165) is 37.2 Å². The lowest BCUT2D eigenvalue weighted by Gasteiger charge is -2.20. The van der Waals surface area contributed by atoms with Gasteiger partial charge in [-0.25, -0.2) is 4.79 Å². The molecule has 1 aromatic carbocycles. The SMILES string of the molecule is C[C@@H](NC(=O)Nc1ccc(Cn2cccn2)cc1)[C@@H]1CCCO1. The van der Waals surface area contributed by atoms with Gasteiger partial charge in [0.1, 0.15) is 0 Å². The molecule has 2 heterocycles. The third-order valence-corrected chi connectivity index (χ3v) is 4.00. The van der Waals surface area contributed by atoms with E-state index in [-0.39, 0.29) is 18.2 Å². The minimum atomic E-state index is -0.201. The Labute approximate surface area is 135 Å². The number of nitrogens with one attached hydrogen (secondary N) is 2. The van der Waals surface area contributed by atoms with Crippen molar-refractivity contribution in [1.82, 2.24) is 15.1 Å². The molecule has 1 saturated heterocycles. The lowest BCUT2D eigenvalue weighted by atomic mass is 10.1. The highest BCUT2D eigenvalue weighted by atomic mass is 16.5. The Morgan fingerprint density at radius 2 is 2.26 bits per heavy atom. The van der Waals surface area contributed by atoms with E-state index < -0.39 is 0 Å². The van der Waals surface area contributed by atoms with Crippen molar-refractivity contribution < 1.29 is 9.53 Å². The van der Waals surface area contributed by atoms with E-state index in [4.69, 9.17) is 4.74 Å². The Bertz CT molecular complexity index is 619. The molecule has 0 radical (unpaired) electrons. The number of urea groups is 1. The minimum absolute atomic E-state index is 0.0107. The number of carbonyl (C=O) groups is 1. The molecular formula is C17H22N4O2. The van der Waals surface area contributed by atoms with Gasteiger partial charge in [0, 0.05) is 24.7 Å². The van der Waals surface area contributed by atoms with Crippen molar-refractivity contribution in [3.05, 3.63) is 48.3 Å². The standard InChI is InChI=1S/C17H22N4O2/c1-13(16-4-2-11-23-16)19-17(22)20-15-7-5-14(6-8-15)12-21-10-3-9-18-21/h3,5-10,13,16H,2,4,11-12H2,1H3,(H2,19,20,22)/t13-,16+/m1/s1. The Morgan fingerprint density at radius 3 is 2.91 bits per heavy atom. The number of amides is 2. The van der Waals surface area contributed by atoms with E-state index in [9.17, 15) is 4.79 Å². The molecule has 23 heavy (non-hydrogen) atoms. The fourth-order valence-electron chi connectivity index (χ4n) is 2.74. The third-order valence-electron chi connectivity index (χ3n) is 4.00. The van der Waals surface area contributed by atoms with Gasteiger partial charge < -0.3 is 15.4 Å². The highest BCUT2D eigenvalue weighted by molar-refractivity contribution is 5.89. The van der Waals surface area contributed by atoms with Gasteiger partial charge in [0.15, 0.2) is 0 Å². The van der Waals surface area contributed by atoms with Crippen LogP contribution in [0.1, 0.15) is 25.3 Å². The van der Waals surface area contributed by atoms with Crippen molar-refractivity contribution >= 4 is 11.7 Å². The van der Waals surface area contributed by atoms with Crippen molar-refractivity contribution in [2.45, 2.75) is 38.5 Å². The molecule has 2 atom stereocenters. The summed E-state index contributed by atoms with van der Waals surface area (Å²) in [5.41, 5.74) is 1.90. The first kappa shape index (κ1) is 15.6. The molecule has 1 fully saturated rings. The van der Waals surface area contributed by atoms with Gasteiger partial charge in [-0.3, -0.25) is 4.68 Å². The zero-order valence-corrected chi connectivity index (χ0v) is 13.2. The summed E-state index contributed by atoms with van der Waals surface area (Å²) in [6.45, 7) is 3.48. The van der Waals surface area contributed by atoms with Crippen molar-refractivity contribution in [3.8, 4) is 0 Å². The largest absolute Gasteiger partial charge is 0.376 e. The zero-order valence-electron chi connectivity index (χ0n) is 13.2. The van der Waals surface area contributed by atoms with Crippen molar-refractivity contribution in [2.75, 3.05) is 11.9 Å². The van der Waals surface area contributed by atoms with Crippen molar-refractivity contribution in [3.63, 3.8) is 0 Å². The monoisotopic (exact) mass is 314 g/mol. The van der Waals surface area contributed by atoms with E-state index in [1.807, 2.05) is 48.1 Å². The molecule has 0 saturated carbocycles. The maximum atomic E-state index is 12.0. The van der Waals surface area contributed by atoms with Gasteiger partial charge in [-0.1, -0.05) is 12.1 Å². The van der Waals surface area contributed by atoms with Crippen molar-refractivity contribution in [2.24, 2.45) is 0 Å². The summed E-state index contributed by atoms with van der Waals surface area (Å²) in [4.78, 5) is 12.0. The highest BCUT2D eigenvalue weighted by Crippen LogP contribution is 2.16. The number of benzene rings is 1. The molecule has 1 aliphatic heterocycles. The smallest absolute Gasteiger partial charge is 0.319 e. The second-order valence-corrected chi connectivity index (χ2v) is 5.84. The molecule has 0 aliphatic carbocycles. The summed E-state index contributed by atoms with van der Waals surface area (Å²) in [7, 11) is 0. The second kappa shape index (κ2) is 7.28. The topological polar surface area (TPSA) is 68.2 Å². The van der Waals surface area contributed by atoms with E-state index in [0.29, 0.717) is 0 Å². The lowest BCUT2D eigenvalue weighted by molar-refractivity contribution is 0.0868. The lowest BCUT2D eigenvalue weighted by Crippen LogP contribution is -2.42. The normalized spacial score (nSPS) is 18.6. The van der Waals surface area contributed by atoms with Crippen LogP contribution in [0.5, 0.6) is 0 Å². The van der Waals surface area contributed by atoms with Gasteiger partial charge in [-0.2, -0.15) is 5.10 Å². The van der Waals surface area contributed by atoms with Crippen LogP contribution in [-0.2, 0) is 11.3 Å². The van der Waals surface area contributed by atoms with E-state index in [1.165, 1.54) is 0 Å². The first-order chi connectivity index (χ1) is 11.2. The second-order valence-electron chi connectivity index (χ2n) is 5.84. The van der Waals surface area contributed by atoms with E-state index in [2.05, 4.69) is 15.7 Å². The number of anilines is 1. The fourth-order valence-corrected chi connectivity index (χ4v) is 2.74. The number of rotatable bonds is 5. The van der Waals surface area contributed by atoms with Gasteiger partial charge in [0.05, 0.1) is 18.7 Å². The predicted molar refractivity (Wildman–Crippen MR) is 88.4 cm³/mol. The Balaban J connectivity index is 1.50. The Morgan fingerprint density at radius 1 is 1.43 bits per heavy atom. The van der Waals surface area contributed by atoms with E-state index in [1.54, 1.807) is 6.20 Å². The van der Waals surface area contributed by atoms with Gasteiger partial charge in [-0.15, -0.1) is 0 Å². The number of aromatic nitrogens is 2. The molecule has 0 unspecified atom stereocenters. The molecule has 122 valence electrons. The number of hydrogen-bond donors (Lipinski definition) is 2. The van der Waals surface area contributed by atoms with Crippen LogP contribution in [0.4, 0.5) is 10.5 Å². The fraction of sp³-hybridized carbons (Fsp3) is 0.412. The molecule has 1 aromatic heterocycles. The summed E-state index contributed by atoms with van der Waals surface area (Å²) in [5.74, 6) is 0. The van der Waals surface area contributed by atoms with Crippen LogP contribution in [0.25, 0.3) is 0 Å². The molecule has 2 amide bonds. The summed E-state index contributed by atoms with van der Waals surface area (Å²) in [6.07, 6.45) is 5.87. The zero-order chi connectivity index (χ0) is 16.1. The van der Waals surface area contributed by atoms with Gasteiger partial charge in [0.25, 0.3) is 0 Å². The Kier molecular flexibility index (Phi) is 4.92.